The van der Waals surface area contributed by atoms with Crippen molar-refractivity contribution in [2.75, 3.05) is 6.61 Å². The normalized spacial score (nSPS) is 32.5. The van der Waals surface area contributed by atoms with Crippen LogP contribution in [-0.2, 0) is 9.47 Å². The number of hydrogen-bond acceptors (Lipinski definition) is 2. The van der Waals surface area contributed by atoms with Crippen LogP contribution in [0.15, 0.2) is 24.3 Å². The molecular formula is C9H14O2. The Kier molecular flexibility index (Phi) is 3.33. The summed E-state index contributed by atoms with van der Waals surface area (Å²) in [6, 6.07) is 0. The zero-order chi connectivity index (χ0) is 8.10. The summed E-state index contributed by atoms with van der Waals surface area (Å²) in [4.78, 5) is 0. The Balaban J connectivity index is 2.34. The van der Waals surface area contributed by atoms with E-state index in [1.54, 1.807) is 0 Å². The van der Waals surface area contributed by atoms with Crippen molar-refractivity contribution in [3.05, 3.63) is 24.3 Å². The average molecular weight is 154 g/mol. The van der Waals surface area contributed by atoms with Crippen molar-refractivity contribution in [1.82, 2.24) is 0 Å². The molecule has 0 N–H and O–H groups in total. The molecule has 1 aliphatic heterocycles. The molecule has 0 bridgehead atoms. The maximum Gasteiger partial charge on any atom is 0.177 e. The number of allylic oxidation sites excluding steroid dienone is 2. The van der Waals surface area contributed by atoms with E-state index in [-0.39, 0.29) is 12.4 Å². The monoisotopic (exact) mass is 154 g/mol. The summed E-state index contributed by atoms with van der Waals surface area (Å²) >= 11 is 0. The summed E-state index contributed by atoms with van der Waals surface area (Å²) < 4.78 is 10.7. The molecule has 1 fully saturated rings. The molecule has 2 unspecified atom stereocenters. The minimum absolute atomic E-state index is 0.138. The Morgan fingerprint density at radius 1 is 1.18 bits per heavy atom. The van der Waals surface area contributed by atoms with Crippen molar-refractivity contribution < 1.29 is 9.47 Å². The Hall–Kier alpha value is -0.600. The van der Waals surface area contributed by atoms with Crippen molar-refractivity contribution in [2.24, 2.45) is 0 Å². The van der Waals surface area contributed by atoms with E-state index in [0.29, 0.717) is 6.61 Å². The van der Waals surface area contributed by atoms with Gasteiger partial charge in [0.15, 0.2) is 6.29 Å². The highest BCUT2D eigenvalue weighted by molar-refractivity contribution is 4.93. The molecule has 0 amide bonds. The molecule has 0 saturated carbocycles. The second kappa shape index (κ2) is 4.31. The second-order valence-electron chi connectivity index (χ2n) is 2.43. The van der Waals surface area contributed by atoms with Gasteiger partial charge >= 0.3 is 0 Å². The summed E-state index contributed by atoms with van der Waals surface area (Å²) in [5, 5.41) is 0. The molecule has 0 aliphatic carbocycles. The summed E-state index contributed by atoms with van der Waals surface area (Å²) in [6.07, 6.45) is 7.82. The first kappa shape index (κ1) is 8.50. The largest absolute Gasteiger partial charge is 0.346 e. The molecule has 1 aliphatic rings. The zero-order valence-corrected chi connectivity index (χ0v) is 6.99. The molecule has 1 saturated heterocycles. The first-order chi connectivity index (χ1) is 5.36. The van der Waals surface area contributed by atoms with Crippen LogP contribution in [-0.4, -0.2) is 19.0 Å². The molecule has 1 heterocycles. The van der Waals surface area contributed by atoms with Gasteiger partial charge in [0.2, 0.25) is 0 Å². The lowest BCUT2D eigenvalue weighted by Crippen LogP contribution is -2.07. The van der Waals surface area contributed by atoms with Gasteiger partial charge in [0, 0.05) is 0 Å². The maximum atomic E-state index is 5.45. The van der Waals surface area contributed by atoms with Crippen molar-refractivity contribution in [1.29, 1.82) is 0 Å². The highest BCUT2D eigenvalue weighted by Crippen LogP contribution is 2.13. The SMILES string of the molecule is C/C=C/C1COC(/C=C/C)O1. The van der Waals surface area contributed by atoms with E-state index in [0.717, 1.165) is 0 Å². The molecule has 0 radical (unpaired) electrons. The van der Waals surface area contributed by atoms with Crippen molar-refractivity contribution >= 4 is 0 Å². The lowest BCUT2D eigenvalue weighted by molar-refractivity contribution is -0.0117. The molecule has 0 spiro atoms. The predicted octanol–water partition coefficient (Wildman–Crippen LogP) is 1.88. The smallest absolute Gasteiger partial charge is 0.177 e. The summed E-state index contributed by atoms with van der Waals surface area (Å²) in [5.41, 5.74) is 0. The van der Waals surface area contributed by atoms with Gasteiger partial charge < -0.3 is 9.47 Å². The standard InChI is InChI=1S/C9H14O2/c1-3-5-8-7-10-9(11-8)6-4-2/h3-6,8-9H,7H2,1-2H3/b5-3+,6-4+. The Morgan fingerprint density at radius 2 is 1.91 bits per heavy atom. The Bertz CT molecular complexity index is 143. The van der Waals surface area contributed by atoms with Gasteiger partial charge in [-0.25, -0.2) is 0 Å². The average Bonchev–Trinajstić information content (AvgIpc) is 2.38. The molecule has 2 nitrogen and oxygen atoms in total. The highest BCUT2D eigenvalue weighted by atomic mass is 16.7. The van der Waals surface area contributed by atoms with Crippen LogP contribution in [0, 0.1) is 0 Å². The lowest BCUT2D eigenvalue weighted by Gasteiger charge is -2.02. The van der Waals surface area contributed by atoms with Crippen LogP contribution in [0.1, 0.15) is 13.8 Å². The van der Waals surface area contributed by atoms with Crippen LogP contribution in [0.2, 0.25) is 0 Å². The van der Waals surface area contributed by atoms with Gasteiger partial charge in [0.05, 0.1) is 6.61 Å². The van der Waals surface area contributed by atoms with E-state index < -0.39 is 0 Å². The van der Waals surface area contributed by atoms with Gasteiger partial charge in [-0.05, 0) is 19.9 Å². The van der Waals surface area contributed by atoms with Gasteiger partial charge in [0.25, 0.3) is 0 Å². The first-order valence-corrected chi connectivity index (χ1v) is 3.89. The van der Waals surface area contributed by atoms with Crippen molar-refractivity contribution in [2.45, 2.75) is 26.2 Å². The van der Waals surface area contributed by atoms with Crippen molar-refractivity contribution in [3.63, 3.8) is 0 Å². The maximum absolute atomic E-state index is 5.45. The molecular weight excluding hydrogens is 140 g/mol. The molecule has 2 heteroatoms. The highest BCUT2D eigenvalue weighted by Gasteiger charge is 2.20. The zero-order valence-electron chi connectivity index (χ0n) is 6.99. The van der Waals surface area contributed by atoms with Gasteiger partial charge in [-0.1, -0.05) is 18.2 Å². The van der Waals surface area contributed by atoms with Crippen LogP contribution < -0.4 is 0 Å². The molecule has 0 aromatic heterocycles. The van der Waals surface area contributed by atoms with Gasteiger partial charge in [-0.3, -0.25) is 0 Å². The van der Waals surface area contributed by atoms with Crippen LogP contribution in [0.4, 0.5) is 0 Å². The molecule has 0 aromatic rings. The van der Waals surface area contributed by atoms with Crippen LogP contribution in [0.5, 0.6) is 0 Å². The van der Waals surface area contributed by atoms with E-state index in [4.69, 9.17) is 9.47 Å². The fourth-order valence-electron chi connectivity index (χ4n) is 1.01. The minimum atomic E-state index is -0.138. The first-order valence-electron chi connectivity index (χ1n) is 3.89. The molecule has 2 atom stereocenters. The summed E-state index contributed by atoms with van der Waals surface area (Å²) in [7, 11) is 0. The quantitative estimate of drug-likeness (QED) is 0.565. The number of hydrogen-bond donors (Lipinski definition) is 0. The van der Waals surface area contributed by atoms with E-state index in [2.05, 4.69) is 0 Å². The Labute approximate surface area is 67.5 Å². The Morgan fingerprint density at radius 3 is 2.55 bits per heavy atom. The van der Waals surface area contributed by atoms with Gasteiger partial charge in [-0.15, -0.1) is 0 Å². The minimum Gasteiger partial charge on any atom is -0.346 e. The number of rotatable bonds is 2. The third kappa shape index (κ3) is 2.48. The molecule has 1 rings (SSSR count). The van der Waals surface area contributed by atoms with E-state index >= 15 is 0 Å². The van der Waals surface area contributed by atoms with Crippen LogP contribution >= 0.6 is 0 Å². The molecule has 0 aromatic carbocycles. The van der Waals surface area contributed by atoms with E-state index in [1.807, 2.05) is 38.2 Å². The van der Waals surface area contributed by atoms with Crippen molar-refractivity contribution in [3.8, 4) is 0 Å². The third-order valence-electron chi connectivity index (χ3n) is 1.49. The lowest BCUT2D eigenvalue weighted by atomic mass is 10.3. The topological polar surface area (TPSA) is 18.5 Å². The number of ether oxygens (including phenoxy) is 2. The van der Waals surface area contributed by atoms with Gasteiger partial charge in [0.1, 0.15) is 6.10 Å². The predicted molar refractivity (Wildman–Crippen MR) is 44.2 cm³/mol. The van der Waals surface area contributed by atoms with Gasteiger partial charge in [-0.2, -0.15) is 0 Å². The van der Waals surface area contributed by atoms with Crippen LogP contribution in [0.3, 0.4) is 0 Å². The molecule has 11 heavy (non-hydrogen) atoms. The fraction of sp³-hybridized carbons (Fsp3) is 0.556. The summed E-state index contributed by atoms with van der Waals surface area (Å²) in [5.74, 6) is 0. The third-order valence-corrected chi connectivity index (χ3v) is 1.49. The molecule has 62 valence electrons. The van der Waals surface area contributed by atoms with E-state index in [1.165, 1.54) is 0 Å². The van der Waals surface area contributed by atoms with E-state index in [9.17, 15) is 0 Å². The fourth-order valence-corrected chi connectivity index (χ4v) is 1.01. The summed E-state index contributed by atoms with van der Waals surface area (Å²) in [6.45, 7) is 4.60. The van der Waals surface area contributed by atoms with Crippen LogP contribution in [0.25, 0.3) is 0 Å². The second-order valence-corrected chi connectivity index (χ2v) is 2.43.